The van der Waals surface area contributed by atoms with Gasteiger partial charge in [0.15, 0.2) is 0 Å². The Morgan fingerprint density at radius 1 is 1.12 bits per heavy atom. The predicted octanol–water partition coefficient (Wildman–Crippen LogP) is 2.57. The van der Waals surface area contributed by atoms with E-state index in [9.17, 15) is 0 Å². The molecule has 0 saturated heterocycles. The predicted molar refractivity (Wildman–Crippen MR) is 63.4 cm³/mol. The maximum atomic E-state index is 9.00. The number of hydrogen-bond donors (Lipinski definition) is 1. The number of aromatic nitrogens is 1. The van der Waals surface area contributed by atoms with Crippen LogP contribution < -0.4 is 5.32 Å². The summed E-state index contributed by atoms with van der Waals surface area (Å²) < 4.78 is 0. The topological polar surface area (TPSA) is 72.5 Å². The van der Waals surface area contributed by atoms with Crippen LogP contribution in [-0.2, 0) is 0 Å². The van der Waals surface area contributed by atoms with E-state index in [1.165, 1.54) is 0 Å². The Morgan fingerprint density at radius 2 is 2.00 bits per heavy atom. The van der Waals surface area contributed by atoms with E-state index >= 15 is 0 Å². The molecular weight excluding hydrogens is 212 g/mol. The Hall–Kier alpha value is -2.85. The van der Waals surface area contributed by atoms with Gasteiger partial charge in [0.1, 0.15) is 6.07 Å². The summed E-state index contributed by atoms with van der Waals surface area (Å²) >= 11 is 0. The van der Waals surface area contributed by atoms with Gasteiger partial charge < -0.3 is 5.32 Å². The molecule has 0 spiro atoms. The minimum absolute atomic E-state index is 0.438. The minimum Gasteiger partial charge on any atom is -0.353 e. The van der Waals surface area contributed by atoms with Crippen molar-refractivity contribution in [3.05, 3.63) is 53.9 Å². The van der Waals surface area contributed by atoms with Crippen molar-refractivity contribution in [3.63, 3.8) is 0 Å². The monoisotopic (exact) mass is 220 g/mol. The fourth-order valence-corrected chi connectivity index (χ4v) is 1.41. The maximum Gasteiger partial charge on any atom is 0.101 e. The quantitative estimate of drug-likeness (QED) is 0.844. The van der Waals surface area contributed by atoms with Gasteiger partial charge in [-0.25, -0.2) is 0 Å². The Kier molecular flexibility index (Phi) is 3.00. The molecule has 0 radical (unpaired) electrons. The molecule has 0 aliphatic heterocycles. The molecule has 1 aromatic carbocycles. The van der Waals surface area contributed by atoms with Gasteiger partial charge in [0, 0.05) is 6.20 Å². The highest BCUT2D eigenvalue weighted by Gasteiger charge is 2.03. The van der Waals surface area contributed by atoms with Gasteiger partial charge in [0.25, 0.3) is 0 Å². The molecule has 4 heteroatoms. The molecule has 2 rings (SSSR count). The zero-order valence-electron chi connectivity index (χ0n) is 8.88. The van der Waals surface area contributed by atoms with Crippen molar-refractivity contribution < 1.29 is 0 Å². The number of hydrogen-bond acceptors (Lipinski definition) is 4. The van der Waals surface area contributed by atoms with Crippen LogP contribution in [0.4, 0.5) is 11.4 Å². The Bertz CT molecular complexity index is 606. The van der Waals surface area contributed by atoms with Gasteiger partial charge in [-0.1, -0.05) is 0 Å². The molecular formula is C13H8N4. The number of nitrogens with zero attached hydrogens (tertiary/aromatic N) is 3. The van der Waals surface area contributed by atoms with Crippen LogP contribution in [0, 0.1) is 22.7 Å². The van der Waals surface area contributed by atoms with Gasteiger partial charge >= 0.3 is 0 Å². The van der Waals surface area contributed by atoms with E-state index < -0.39 is 0 Å². The first-order chi connectivity index (χ1) is 8.33. The first-order valence-corrected chi connectivity index (χ1v) is 4.95. The lowest BCUT2D eigenvalue weighted by Crippen LogP contribution is -1.94. The number of benzene rings is 1. The lowest BCUT2D eigenvalue weighted by Gasteiger charge is -2.07. The summed E-state index contributed by atoms with van der Waals surface area (Å²) in [5.41, 5.74) is 2.37. The molecule has 4 nitrogen and oxygen atoms in total. The maximum absolute atomic E-state index is 9.00. The van der Waals surface area contributed by atoms with Gasteiger partial charge in [-0.05, 0) is 30.3 Å². The lowest BCUT2D eigenvalue weighted by molar-refractivity contribution is 1.32. The van der Waals surface area contributed by atoms with Crippen LogP contribution in [0.1, 0.15) is 11.1 Å². The third-order valence-electron chi connectivity index (χ3n) is 2.21. The Morgan fingerprint density at radius 3 is 2.65 bits per heavy atom. The molecule has 0 bridgehead atoms. The zero-order valence-corrected chi connectivity index (χ0v) is 8.88. The SMILES string of the molecule is N#Cc1ccc(Nc2cccnc2)c(C#N)c1. The third-order valence-corrected chi connectivity index (χ3v) is 2.21. The zero-order chi connectivity index (χ0) is 12.1. The first kappa shape index (κ1) is 10.7. The fourth-order valence-electron chi connectivity index (χ4n) is 1.41. The second kappa shape index (κ2) is 4.78. The minimum atomic E-state index is 0.438. The summed E-state index contributed by atoms with van der Waals surface area (Å²) in [5, 5.41) is 20.8. The van der Waals surface area contributed by atoms with Gasteiger partial charge in [-0.15, -0.1) is 0 Å². The van der Waals surface area contributed by atoms with Gasteiger partial charge in [-0.3, -0.25) is 4.98 Å². The summed E-state index contributed by atoms with van der Waals surface area (Å²) in [6.07, 6.45) is 3.34. The Labute approximate surface area is 98.8 Å². The average Bonchev–Trinajstić information content (AvgIpc) is 2.40. The summed E-state index contributed by atoms with van der Waals surface area (Å²) in [6.45, 7) is 0. The molecule has 0 unspecified atom stereocenters. The van der Waals surface area contributed by atoms with Crippen LogP contribution in [0.2, 0.25) is 0 Å². The van der Waals surface area contributed by atoms with Gasteiger partial charge in [0.05, 0.1) is 34.8 Å². The molecule has 1 aromatic heterocycles. The third kappa shape index (κ3) is 2.39. The molecule has 0 aliphatic rings. The second-order valence-corrected chi connectivity index (χ2v) is 3.35. The summed E-state index contributed by atoms with van der Waals surface area (Å²) in [5.74, 6) is 0. The molecule has 80 valence electrons. The normalized spacial score (nSPS) is 9.06. The molecule has 0 amide bonds. The second-order valence-electron chi connectivity index (χ2n) is 3.35. The Balaban J connectivity index is 2.35. The van der Waals surface area contributed by atoms with Crippen molar-refractivity contribution in [2.24, 2.45) is 0 Å². The summed E-state index contributed by atoms with van der Waals surface area (Å²) in [6, 6.07) is 12.6. The summed E-state index contributed by atoms with van der Waals surface area (Å²) in [4.78, 5) is 3.97. The number of nitrogens with one attached hydrogen (secondary N) is 1. The standard InChI is InChI=1S/C13H8N4/c14-7-10-3-4-13(11(6-10)8-15)17-12-2-1-5-16-9-12/h1-6,9,17H. The highest BCUT2D eigenvalue weighted by atomic mass is 14.9. The highest BCUT2D eigenvalue weighted by Crippen LogP contribution is 2.20. The van der Waals surface area contributed by atoms with Crippen molar-refractivity contribution in [1.82, 2.24) is 4.98 Å². The molecule has 0 atom stereocenters. The molecule has 0 aliphatic carbocycles. The number of nitriles is 2. The van der Waals surface area contributed by atoms with Crippen molar-refractivity contribution in [3.8, 4) is 12.1 Å². The van der Waals surface area contributed by atoms with Crippen molar-refractivity contribution in [2.75, 3.05) is 5.32 Å². The number of anilines is 2. The molecule has 17 heavy (non-hydrogen) atoms. The van der Waals surface area contributed by atoms with Gasteiger partial charge in [0.2, 0.25) is 0 Å². The van der Waals surface area contributed by atoms with E-state index in [2.05, 4.69) is 16.4 Å². The van der Waals surface area contributed by atoms with E-state index in [4.69, 9.17) is 10.5 Å². The van der Waals surface area contributed by atoms with E-state index in [-0.39, 0.29) is 0 Å². The van der Waals surface area contributed by atoms with Gasteiger partial charge in [-0.2, -0.15) is 10.5 Å². The van der Waals surface area contributed by atoms with Crippen molar-refractivity contribution >= 4 is 11.4 Å². The van der Waals surface area contributed by atoms with Crippen LogP contribution in [-0.4, -0.2) is 4.98 Å². The van der Waals surface area contributed by atoms with E-state index in [1.54, 1.807) is 36.7 Å². The molecule has 0 saturated carbocycles. The largest absolute Gasteiger partial charge is 0.353 e. The van der Waals surface area contributed by atoms with Crippen LogP contribution in [0.3, 0.4) is 0 Å². The van der Waals surface area contributed by atoms with E-state index in [0.29, 0.717) is 16.8 Å². The first-order valence-electron chi connectivity index (χ1n) is 4.95. The summed E-state index contributed by atoms with van der Waals surface area (Å²) in [7, 11) is 0. The molecule has 2 aromatic rings. The van der Waals surface area contributed by atoms with Crippen LogP contribution in [0.5, 0.6) is 0 Å². The molecule has 0 fully saturated rings. The molecule has 1 N–H and O–H groups in total. The van der Waals surface area contributed by atoms with Crippen LogP contribution >= 0.6 is 0 Å². The van der Waals surface area contributed by atoms with Crippen LogP contribution in [0.15, 0.2) is 42.7 Å². The number of rotatable bonds is 2. The average molecular weight is 220 g/mol. The highest BCUT2D eigenvalue weighted by molar-refractivity contribution is 5.67. The van der Waals surface area contributed by atoms with Crippen molar-refractivity contribution in [2.45, 2.75) is 0 Å². The van der Waals surface area contributed by atoms with Crippen molar-refractivity contribution in [1.29, 1.82) is 10.5 Å². The van der Waals surface area contributed by atoms with Crippen LogP contribution in [0.25, 0.3) is 0 Å². The van der Waals surface area contributed by atoms with E-state index in [1.807, 2.05) is 12.1 Å². The fraction of sp³-hybridized carbons (Fsp3) is 0. The molecule has 1 heterocycles. The smallest absolute Gasteiger partial charge is 0.101 e. The van der Waals surface area contributed by atoms with E-state index in [0.717, 1.165) is 5.69 Å². The lowest BCUT2D eigenvalue weighted by atomic mass is 10.1. The number of pyridine rings is 1.